The summed E-state index contributed by atoms with van der Waals surface area (Å²) in [6.07, 6.45) is 3.83. The fourth-order valence-electron chi connectivity index (χ4n) is 2.53. The Morgan fingerprint density at radius 1 is 1.33 bits per heavy atom. The van der Waals surface area contributed by atoms with Gasteiger partial charge in [0.05, 0.1) is 6.61 Å². The van der Waals surface area contributed by atoms with E-state index in [1.165, 1.54) is 25.9 Å². The fraction of sp³-hybridized carbons (Fsp3) is 0.600. The number of nitrogens with zero attached hydrogens (tertiary/aromatic N) is 1. The highest BCUT2D eigenvalue weighted by Gasteiger charge is 2.15. The lowest BCUT2D eigenvalue weighted by atomic mass is 10.0. The highest BCUT2D eigenvalue weighted by Crippen LogP contribution is 2.16. The Labute approximate surface area is 110 Å². The molecule has 1 aromatic carbocycles. The Hall–Kier alpha value is -1.22. The lowest BCUT2D eigenvalue weighted by Crippen LogP contribution is -2.35. The number of ether oxygens (including phenoxy) is 1. The van der Waals surface area contributed by atoms with E-state index >= 15 is 0 Å². The molecule has 18 heavy (non-hydrogen) atoms. The monoisotopic (exact) mass is 248 g/mol. The van der Waals surface area contributed by atoms with E-state index in [1.54, 1.807) is 0 Å². The quantitative estimate of drug-likeness (QED) is 0.643. The zero-order valence-corrected chi connectivity index (χ0v) is 11.3. The predicted octanol–water partition coefficient (Wildman–Crippen LogP) is 2.77. The molecule has 0 aromatic heterocycles. The fourth-order valence-corrected chi connectivity index (χ4v) is 2.53. The first-order chi connectivity index (χ1) is 8.74. The molecule has 1 unspecified atom stereocenters. The predicted molar refractivity (Wildman–Crippen MR) is 75.8 cm³/mol. The molecule has 1 fully saturated rings. The third-order valence-electron chi connectivity index (χ3n) is 3.51. The highest BCUT2D eigenvalue weighted by molar-refractivity contribution is 5.41. The first-order valence-electron chi connectivity index (χ1n) is 6.95. The van der Waals surface area contributed by atoms with Crippen LogP contribution in [0.4, 0.5) is 5.69 Å². The van der Waals surface area contributed by atoms with Crippen molar-refractivity contribution in [3.63, 3.8) is 0 Å². The second-order valence-corrected chi connectivity index (χ2v) is 5.32. The van der Waals surface area contributed by atoms with Crippen molar-refractivity contribution in [2.75, 3.05) is 32.0 Å². The van der Waals surface area contributed by atoms with Gasteiger partial charge >= 0.3 is 0 Å². The molecule has 0 bridgehead atoms. The van der Waals surface area contributed by atoms with Gasteiger partial charge < -0.3 is 15.4 Å². The van der Waals surface area contributed by atoms with Crippen LogP contribution in [-0.2, 0) is 0 Å². The SMILES string of the molecule is CC1CCCN(CCCOc2ccc(N)cc2)C1. The second kappa shape index (κ2) is 6.64. The van der Waals surface area contributed by atoms with Gasteiger partial charge in [-0.2, -0.15) is 0 Å². The number of piperidine rings is 1. The number of rotatable bonds is 5. The van der Waals surface area contributed by atoms with E-state index < -0.39 is 0 Å². The smallest absolute Gasteiger partial charge is 0.119 e. The van der Waals surface area contributed by atoms with Crippen LogP contribution in [0.3, 0.4) is 0 Å². The number of nitrogen functional groups attached to an aromatic ring is 1. The number of hydrogen-bond acceptors (Lipinski definition) is 3. The molecule has 2 rings (SSSR count). The number of likely N-dealkylation sites (tertiary alicyclic amines) is 1. The van der Waals surface area contributed by atoms with E-state index in [-0.39, 0.29) is 0 Å². The molecule has 1 saturated heterocycles. The highest BCUT2D eigenvalue weighted by atomic mass is 16.5. The lowest BCUT2D eigenvalue weighted by Gasteiger charge is -2.30. The number of nitrogens with two attached hydrogens (primary N) is 1. The van der Waals surface area contributed by atoms with E-state index in [0.717, 1.165) is 36.9 Å². The van der Waals surface area contributed by atoms with Crippen molar-refractivity contribution in [2.24, 2.45) is 5.92 Å². The Morgan fingerprint density at radius 3 is 2.83 bits per heavy atom. The zero-order valence-electron chi connectivity index (χ0n) is 11.3. The first-order valence-corrected chi connectivity index (χ1v) is 6.95. The van der Waals surface area contributed by atoms with Crippen LogP contribution in [0.5, 0.6) is 5.75 Å². The van der Waals surface area contributed by atoms with E-state index in [9.17, 15) is 0 Å². The molecule has 0 saturated carbocycles. The minimum absolute atomic E-state index is 0.782. The molecule has 1 aromatic rings. The van der Waals surface area contributed by atoms with Gasteiger partial charge in [0.2, 0.25) is 0 Å². The Bertz CT molecular complexity index is 350. The molecule has 0 spiro atoms. The van der Waals surface area contributed by atoms with Crippen LogP contribution in [0, 0.1) is 5.92 Å². The topological polar surface area (TPSA) is 38.5 Å². The summed E-state index contributed by atoms with van der Waals surface area (Å²) < 4.78 is 5.70. The van der Waals surface area contributed by atoms with Crippen molar-refractivity contribution in [2.45, 2.75) is 26.2 Å². The second-order valence-electron chi connectivity index (χ2n) is 5.32. The standard InChI is InChI=1S/C15H24N2O/c1-13-4-2-9-17(12-13)10-3-11-18-15-7-5-14(16)6-8-15/h5-8,13H,2-4,9-12,16H2,1H3. The van der Waals surface area contributed by atoms with Crippen molar-refractivity contribution >= 4 is 5.69 Å². The van der Waals surface area contributed by atoms with Crippen LogP contribution in [0.1, 0.15) is 26.2 Å². The van der Waals surface area contributed by atoms with Crippen LogP contribution in [0.15, 0.2) is 24.3 Å². The molecule has 3 heteroatoms. The van der Waals surface area contributed by atoms with Crippen LogP contribution in [0.25, 0.3) is 0 Å². The van der Waals surface area contributed by atoms with Crippen LogP contribution in [0.2, 0.25) is 0 Å². The third-order valence-corrected chi connectivity index (χ3v) is 3.51. The summed E-state index contributed by atoms with van der Waals surface area (Å²) in [5, 5.41) is 0. The lowest BCUT2D eigenvalue weighted by molar-refractivity contribution is 0.170. The molecular weight excluding hydrogens is 224 g/mol. The van der Waals surface area contributed by atoms with Gasteiger partial charge in [0, 0.05) is 18.8 Å². The minimum Gasteiger partial charge on any atom is -0.494 e. The summed E-state index contributed by atoms with van der Waals surface area (Å²) >= 11 is 0. The summed E-state index contributed by atoms with van der Waals surface area (Å²) in [5.41, 5.74) is 6.41. The van der Waals surface area contributed by atoms with Crippen molar-refractivity contribution < 1.29 is 4.74 Å². The van der Waals surface area contributed by atoms with Gasteiger partial charge in [0.15, 0.2) is 0 Å². The molecule has 1 heterocycles. The molecule has 1 aliphatic heterocycles. The number of benzene rings is 1. The van der Waals surface area contributed by atoms with Crippen molar-refractivity contribution in [1.82, 2.24) is 4.90 Å². The van der Waals surface area contributed by atoms with Gasteiger partial charge in [-0.3, -0.25) is 0 Å². The van der Waals surface area contributed by atoms with Crippen LogP contribution >= 0.6 is 0 Å². The summed E-state index contributed by atoms with van der Waals surface area (Å²) in [7, 11) is 0. The summed E-state index contributed by atoms with van der Waals surface area (Å²) in [6.45, 7) is 6.79. The van der Waals surface area contributed by atoms with Gasteiger partial charge in [-0.1, -0.05) is 6.92 Å². The third kappa shape index (κ3) is 4.22. The van der Waals surface area contributed by atoms with E-state index in [1.807, 2.05) is 24.3 Å². The molecule has 2 N–H and O–H groups in total. The molecule has 3 nitrogen and oxygen atoms in total. The molecule has 0 amide bonds. The molecule has 1 atom stereocenters. The van der Waals surface area contributed by atoms with Gasteiger partial charge in [0.25, 0.3) is 0 Å². The van der Waals surface area contributed by atoms with Crippen LogP contribution in [-0.4, -0.2) is 31.1 Å². The number of anilines is 1. The summed E-state index contributed by atoms with van der Waals surface area (Å²) in [5.74, 6) is 1.77. The molecule has 0 aliphatic carbocycles. The first kappa shape index (κ1) is 13.2. The molecule has 0 radical (unpaired) electrons. The van der Waals surface area contributed by atoms with E-state index in [2.05, 4.69) is 11.8 Å². The average molecular weight is 248 g/mol. The maximum Gasteiger partial charge on any atom is 0.119 e. The summed E-state index contributed by atoms with van der Waals surface area (Å²) in [4.78, 5) is 2.56. The van der Waals surface area contributed by atoms with Gasteiger partial charge in [-0.05, 0) is 56.0 Å². The van der Waals surface area contributed by atoms with E-state index in [0.29, 0.717) is 0 Å². The zero-order chi connectivity index (χ0) is 12.8. The van der Waals surface area contributed by atoms with Gasteiger partial charge in [-0.25, -0.2) is 0 Å². The Balaban J connectivity index is 1.62. The van der Waals surface area contributed by atoms with Crippen LogP contribution < -0.4 is 10.5 Å². The maximum atomic E-state index is 5.70. The van der Waals surface area contributed by atoms with E-state index in [4.69, 9.17) is 10.5 Å². The Morgan fingerprint density at radius 2 is 2.11 bits per heavy atom. The molecule has 1 aliphatic rings. The van der Waals surface area contributed by atoms with Gasteiger partial charge in [0.1, 0.15) is 5.75 Å². The Kier molecular flexibility index (Phi) is 4.88. The van der Waals surface area contributed by atoms with Crippen molar-refractivity contribution in [1.29, 1.82) is 0 Å². The minimum atomic E-state index is 0.782. The van der Waals surface area contributed by atoms with Gasteiger partial charge in [-0.15, -0.1) is 0 Å². The normalized spacial score (nSPS) is 20.8. The summed E-state index contributed by atoms with van der Waals surface area (Å²) in [6, 6.07) is 7.61. The largest absolute Gasteiger partial charge is 0.494 e. The maximum absolute atomic E-state index is 5.70. The van der Waals surface area contributed by atoms with Crippen molar-refractivity contribution in [3.8, 4) is 5.75 Å². The van der Waals surface area contributed by atoms with Crippen molar-refractivity contribution in [3.05, 3.63) is 24.3 Å². The molecule has 100 valence electrons. The molecular formula is C15H24N2O. The number of hydrogen-bond donors (Lipinski definition) is 1. The average Bonchev–Trinajstić information content (AvgIpc) is 2.37.